The summed E-state index contributed by atoms with van der Waals surface area (Å²) in [5, 5.41) is 12.4. The molecule has 2 amide bonds. The van der Waals surface area contributed by atoms with Gasteiger partial charge in [0.15, 0.2) is 0 Å². The van der Waals surface area contributed by atoms with E-state index in [2.05, 4.69) is 20.8 Å². The molecule has 0 fully saturated rings. The van der Waals surface area contributed by atoms with Gasteiger partial charge in [0, 0.05) is 23.5 Å². The molecule has 4 rings (SSSR count). The van der Waals surface area contributed by atoms with Gasteiger partial charge >= 0.3 is 11.8 Å². The molecule has 1 aliphatic carbocycles. The molecule has 0 spiro atoms. The molecule has 28 heavy (non-hydrogen) atoms. The van der Waals surface area contributed by atoms with Gasteiger partial charge in [0.1, 0.15) is 11.5 Å². The number of para-hydroxylation sites is 1. The van der Waals surface area contributed by atoms with Gasteiger partial charge in [-0.25, -0.2) is 0 Å². The third kappa shape index (κ3) is 4.20. The molecule has 3 aromatic rings. The van der Waals surface area contributed by atoms with E-state index in [0.717, 1.165) is 24.1 Å². The highest BCUT2D eigenvalue weighted by Crippen LogP contribution is 2.24. The first-order valence-corrected chi connectivity index (χ1v) is 9.13. The Kier molecular flexibility index (Phi) is 5.05. The standard InChI is InChI=1S/C21H20N4O3/c26-20(21(27)24-16-9-10-19-14(11-16)13-22-25-19)23-15-5-4-8-18(12-15)28-17-6-2-1-3-7-17/h1-8,12-13,16H,9-11H2,(H,22,25)(H,23,26)(H,24,27)/t16-/m0/s1. The molecule has 142 valence electrons. The Hall–Kier alpha value is -3.61. The van der Waals surface area contributed by atoms with Gasteiger partial charge in [-0.05, 0) is 49.1 Å². The number of fused-ring (bicyclic) bond motifs is 1. The first-order valence-electron chi connectivity index (χ1n) is 9.13. The number of rotatable bonds is 4. The van der Waals surface area contributed by atoms with Crippen LogP contribution in [0.25, 0.3) is 0 Å². The number of hydrogen-bond acceptors (Lipinski definition) is 4. The number of aromatic amines is 1. The van der Waals surface area contributed by atoms with Crippen LogP contribution in [0, 0.1) is 0 Å². The molecule has 7 heteroatoms. The van der Waals surface area contributed by atoms with Crippen molar-refractivity contribution in [2.24, 2.45) is 0 Å². The normalized spacial score (nSPS) is 15.4. The first kappa shape index (κ1) is 17.8. The number of benzene rings is 2. The molecule has 1 aliphatic rings. The molecular weight excluding hydrogens is 356 g/mol. The molecule has 0 aliphatic heterocycles. The summed E-state index contributed by atoms with van der Waals surface area (Å²) in [6, 6.07) is 16.2. The van der Waals surface area contributed by atoms with Gasteiger partial charge in [-0.2, -0.15) is 5.10 Å². The number of carbonyl (C=O) groups is 2. The number of aromatic nitrogens is 2. The minimum absolute atomic E-state index is 0.0731. The van der Waals surface area contributed by atoms with Crippen LogP contribution < -0.4 is 15.4 Å². The highest BCUT2D eigenvalue weighted by Gasteiger charge is 2.24. The predicted octanol–water partition coefficient (Wildman–Crippen LogP) is 2.81. The number of nitrogens with zero attached hydrogens (tertiary/aromatic N) is 1. The Labute approximate surface area is 162 Å². The van der Waals surface area contributed by atoms with E-state index in [1.165, 1.54) is 0 Å². The molecule has 1 aromatic heterocycles. The number of H-pyrrole nitrogens is 1. The second kappa shape index (κ2) is 7.96. The van der Waals surface area contributed by atoms with E-state index >= 15 is 0 Å². The summed E-state index contributed by atoms with van der Waals surface area (Å²) in [6.07, 6.45) is 4.02. The molecule has 1 heterocycles. The summed E-state index contributed by atoms with van der Waals surface area (Å²) in [6.45, 7) is 0. The third-order valence-electron chi connectivity index (χ3n) is 4.63. The molecule has 0 saturated heterocycles. The van der Waals surface area contributed by atoms with Crippen LogP contribution in [0.1, 0.15) is 17.7 Å². The summed E-state index contributed by atoms with van der Waals surface area (Å²) in [7, 11) is 0. The summed E-state index contributed by atoms with van der Waals surface area (Å²) in [4.78, 5) is 24.5. The molecule has 2 aromatic carbocycles. The number of hydrogen-bond donors (Lipinski definition) is 3. The van der Waals surface area contributed by atoms with Crippen LogP contribution in [0.5, 0.6) is 11.5 Å². The van der Waals surface area contributed by atoms with Crippen LogP contribution in [-0.4, -0.2) is 28.1 Å². The average Bonchev–Trinajstić information content (AvgIpc) is 3.17. The van der Waals surface area contributed by atoms with Crippen molar-refractivity contribution in [3.05, 3.63) is 72.1 Å². The Morgan fingerprint density at radius 3 is 2.71 bits per heavy atom. The lowest BCUT2D eigenvalue weighted by Gasteiger charge is -2.22. The largest absolute Gasteiger partial charge is 0.457 e. The van der Waals surface area contributed by atoms with Crippen molar-refractivity contribution in [2.75, 3.05) is 5.32 Å². The molecule has 0 unspecified atom stereocenters. The van der Waals surface area contributed by atoms with Crippen molar-refractivity contribution >= 4 is 17.5 Å². The van der Waals surface area contributed by atoms with Gasteiger partial charge in [-0.15, -0.1) is 0 Å². The van der Waals surface area contributed by atoms with Gasteiger partial charge < -0.3 is 15.4 Å². The maximum absolute atomic E-state index is 12.3. The van der Waals surface area contributed by atoms with E-state index in [1.807, 2.05) is 30.3 Å². The molecule has 3 N–H and O–H groups in total. The average molecular weight is 376 g/mol. The van der Waals surface area contributed by atoms with Gasteiger partial charge in [0.2, 0.25) is 0 Å². The fourth-order valence-corrected chi connectivity index (χ4v) is 3.24. The van der Waals surface area contributed by atoms with Crippen LogP contribution in [0.3, 0.4) is 0 Å². The minimum Gasteiger partial charge on any atom is -0.457 e. The van der Waals surface area contributed by atoms with Crippen LogP contribution in [0.15, 0.2) is 60.8 Å². The summed E-state index contributed by atoms with van der Waals surface area (Å²) >= 11 is 0. The molecule has 7 nitrogen and oxygen atoms in total. The first-order chi connectivity index (χ1) is 13.7. The number of carbonyl (C=O) groups excluding carboxylic acids is 2. The zero-order valence-corrected chi connectivity index (χ0v) is 15.1. The van der Waals surface area contributed by atoms with E-state index in [9.17, 15) is 9.59 Å². The monoisotopic (exact) mass is 376 g/mol. The minimum atomic E-state index is -0.699. The maximum Gasteiger partial charge on any atom is 0.313 e. The van der Waals surface area contributed by atoms with Crippen LogP contribution in [0.2, 0.25) is 0 Å². The molecular formula is C21H20N4O3. The molecule has 0 radical (unpaired) electrons. The summed E-state index contributed by atoms with van der Waals surface area (Å²) in [5.74, 6) is -0.0787. The Morgan fingerprint density at radius 2 is 1.86 bits per heavy atom. The van der Waals surface area contributed by atoms with Crippen molar-refractivity contribution in [2.45, 2.75) is 25.3 Å². The van der Waals surface area contributed by atoms with Crippen LogP contribution >= 0.6 is 0 Å². The Balaban J connectivity index is 1.34. The lowest BCUT2D eigenvalue weighted by Crippen LogP contribution is -2.44. The quantitative estimate of drug-likeness (QED) is 0.610. The van der Waals surface area contributed by atoms with Crippen molar-refractivity contribution in [3.63, 3.8) is 0 Å². The second-order valence-electron chi connectivity index (χ2n) is 6.68. The van der Waals surface area contributed by atoms with Crippen LogP contribution in [-0.2, 0) is 22.4 Å². The van der Waals surface area contributed by atoms with Crippen molar-refractivity contribution in [3.8, 4) is 11.5 Å². The van der Waals surface area contributed by atoms with Crippen molar-refractivity contribution in [1.29, 1.82) is 0 Å². The van der Waals surface area contributed by atoms with Gasteiger partial charge in [0.05, 0.1) is 6.20 Å². The van der Waals surface area contributed by atoms with Crippen LogP contribution in [0.4, 0.5) is 5.69 Å². The highest BCUT2D eigenvalue weighted by molar-refractivity contribution is 6.39. The maximum atomic E-state index is 12.3. The number of aryl methyl sites for hydroxylation is 1. The SMILES string of the molecule is O=C(Nc1cccc(Oc2ccccc2)c1)C(=O)N[C@H]1CCc2[nH]ncc2C1. The second-order valence-corrected chi connectivity index (χ2v) is 6.68. The fourth-order valence-electron chi connectivity index (χ4n) is 3.24. The lowest BCUT2D eigenvalue weighted by molar-refractivity contribution is -0.136. The zero-order chi connectivity index (χ0) is 19.3. The molecule has 0 saturated carbocycles. The van der Waals surface area contributed by atoms with E-state index in [1.54, 1.807) is 30.5 Å². The highest BCUT2D eigenvalue weighted by atomic mass is 16.5. The topological polar surface area (TPSA) is 96.1 Å². The van der Waals surface area contributed by atoms with Crippen molar-refractivity contribution in [1.82, 2.24) is 15.5 Å². The third-order valence-corrected chi connectivity index (χ3v) is 4.63. The number of ether oxygens (including phenoxy) is 1. The number of nitrogens with one attached hydrogen (secondary N) is 3. The van der Waals surface area contributed by atoms with Gasteiger partial charge in [0.25, 0.3) is 0 Å². The van der Waals surface area contributed by atoms with E-state index in [-0.39, 0.29) is 6.04 Å². The summed E-state index contributed by atoms with van der Waals surface area (Å²) < 4.78 is 5.75. The number of amides is 2. The predicted molar refractivity (Wildman–Crippen MR) is 104 cm³/mol. The molecule has 0 bridgehead atoms. The Morgan fingerprint density at radius 1 is 1.04 bits per heavy atom. The fraction of sp³-hybridized carbons (Fsp3) is 0.190. The zero-order valence-electron chi connectivity index (χ0n) is 15.1. The molecule has 1 atom stereocenters. The summed E-state index contributed by atoms with van der Waals surface area (Å²) in [5.41, 5.74) is 2.68. The van der Waals surface area contributed by atoms with Gasteiger partial charge in [-0.3, -0.25) is 14.7 Å². The van der Waals surface area contributed by atoms with Gasteiger partial charge in [-0.1, -0.05) is 24.3 Å². The van der Waals surface area contributed by atoms with E-state index in [0.29, 0.717) is 23.6 Å². The van der Waals surface area contributed by atoms with E-state index < -0.39 is 11.8 Å². The lowest BCUT2D eigenvalue weighted by atomic mass is 9.93. The number of anilines is 1. The Bertz CT molecular complexity index is 984. The smallest absolute Gasteiger partial charge is 0.313 e. The van der Waals surface area contributed by atoms with E-state index in [4.69, 9.17) is 4.74 Å². The van der Waals surface area contributed by atoms with Crippen molar-refractivity contribution < 1.29 is 14.3 Å².